The SMILES string of the molecule is CC(C)NC(=O)c1ccc(NCc2cnccn2)cc1. The van der Waals surface area contributed by atoms with E-state index in [4.69, 9.17) is 0 Å². The first-order valence-corrected chi connectivity index (χ1v) is 6.55. The number of carbonyl (C=O) groups is 1. The first-order chi connectivity index (χ1) is 9.65. The fraction of sp³-hybridized carbons (Fsp3) is 0.267. The molecule has 0 fully saturated rings. The molecule has 0 saturated heterocycles. The monoisotopic (exact) mass is 270 g/mol. The minimum absolute atomic E-state index is 0.0551. The summed E-state index contributed by atoms with van der Waals surface area (Å²) in [6.07, 6.45) is 5.03. The Morgan fingerprint density at radius 1 is 1.20 bits per heavy atom. The Hall–Kier alpha value is -2.43. The summed E-state index contributed by atoms with van der Waals surface area (Å²) < 4.78 is 0. The maximum absolute atomic E-state index is 11.8. The molecule has 0 aliphatic rings. The van der Waals surface area contributed by atoms with Gasteiger partial charge < -0.3 is 10.6 Å². The number of aromatic nitrogens is 2. The van der Waals surface area contributed by atoms with Crippen molar-refractivity contribution in [3.8, 4) is 0 Å². The maximum atomic E-state index is 11.8. The normalized spacial score (nSPS) is 10.3. The van der Waals surface area contributed by atoms with E-state index in [1.807, 2.05) is 26.0 Å². The lowest BCUT2D eigenvalue weighted by Gasteiger charge is -2.09. The van der Waals surface area contributed by atoms with Crippen LogP contribution < -0.4 is 10.6 Å². The Kier molecular flexibility index (Phi) is 4.65. The van der Waals surface area contributed by atoms with Gasteiger partial charge in [0.1, 0.15) is 0 Å². The van der Waals surface area contributed by atoms with Crippen LogP contribution in [0.2, 0.25) is 0 Å². The van der Waals surface area contributed by atoms with Crippen molar-refractivity contribution in [3.63, 3.8) is 0 Å². The Labute approximate surface area is 118 Å². The van der Waals surface area contributed by atoms with Gasteiger partial charge in [-0.1, -0.05) is 0 Å². The molecule has 0 atom stereocenters. The van der Waals surface area contributed by atoms with Crippen LogP contribution in [0.1, 0.15) is 29.9 Å². The Morgan fingerprint density at radius 2 is 1.95 bits per heavy atom. The molecule has 1 amide bonds. The van der Waals surface area contributed by atoms with Crippen molar-refractivity contribution in [2.24, 2.45) is 0 Å². The summed E-state index contributed by atoms with van der Waals surface area (Å²) in [5.74, 6) is -0.0551. The molecule has 0 radical (unpaired) electrons. The summed E-state index contributed by atoms with van der Waals surface area (Å²) >= 11 is 0. The quantitative estimate of drug-likeness (QED) is 0.874. The number of carbonyl (C=O) groups excluding carboxylic acids is 1. The molecule has 0 unspecified atom stereocenters. The Morgan fingerprint density at radius 3 is 2.55 bits per heavy atom. The fourth-order valence-corrected chi connectivity index (χ4v) is 1.70. The van der Waals surface area contributed by atoms with Crippen LogP contribution in [0.4, 0.5) is 5.69 Å². The summed E-state index contributed by atoms with van der Waals surface area (Å²) in [7, 11) is 0. The maximum Gasteiger partial charge on any atom is 0.251 e. The second kappa shape index (κ2) is 6.65. The zero-order valence-corrected chi connectivity index (χ0v) is 11.6. The zero-order chi connectivity index (χ0) is 14.4. The van der Waals surface area contributed by atoms with E-state index >= 15 is 0 Å². The van der Waals surface area contributed by atoms with E-state index in [1.54, 1.807) is 30.7 Å². The van der Waals surface area contributed by atoms with Gasteiger partial charge in [0, 0.05) is 29.7 Å². The van der Waals surface area contributed by atoms with Gasteiger partial charge in [0.25, 0.3) is 5.91 Å². The molecule has 2 rings (SSSR count). The second-order valence-electron chi connectivity index (χ2n) is 4.76. The van der Waals surface area contributed by atoms with Crippen molar-refractivity contribution in [2.75, 3.05) is 5.32 Å². The minimum atomic E-state index is -0.0551. The highest BCUT2D eigenvalue weighted by molar-refractivity contribution is 5.94. The van der Waals surface area contributed by atoms with Crippen molar-refractivity contribution >= 4 is 11.6 Å². The van der Waals surface area contributed by atoms with E-state index in [-0.39, 0.29) is 11.9 Å². The lowest BCUT2D eigenvalue weighted by molar-refractivity contribution is 0.0943. The molecule has 5 nitrogen and oxygen atoms in total. The van der Waals surface area contributed by atoms with E-state index in [0.717, 1.165) is 11.4 Å². The van der Waals surface area contributed by atoms with Crippen molar-refractivity contribution in [1.82, 2.24) is 15.3 Å². The van der Waals surface area contributed by atoms with E-state index in [9.17, 15) is 4.79 Å². The molecule has 0 aliphatic heterocycles. The predicted octanol–water partition coefficient (Wildman–Crippen LogP) is 2.23. The molecule has 20 heavy (non-hydrogen) atoms. The zero-order valence-electron chi connectivity index (χ0n) is 11.6. The standard InChI is InChI=1S/C15H18N4O/c1-11(2)19-15(20)12-3-5-13(6-4-12)18-10-14-9-16-7-8-17-14/h3-9,11,18H,10H2,1-2H3,(H,19,20). The Balaban J connectivity index is 1.93. The highest BCUT2D eigenvalue weighted by Gasteiger charge is 2.06. The molecule has 0 spiro atoms. The third kappa shape index (κ3) is 4.05. The molecular weight excluding hydrogens is 252 g/mol. The topological polar surface area (TPSA) is 66.9 Å². The van der Waals surface area contributed by atoms with Crippen molar-refractivity contribution in [2.45, 2.75) is 26.4 Å². The molecule has 5 heteroatoms. The number of nitrogens with zero attached hydrogens (tertiary/aromatic N) is 2. The molecule has 0 bridgehead atoms. The number of hydrogen-bond acceptors (Lipinski definition) is 4. The number of benzene rings is 1. The van der Waals surface area contributed by atoms with Gasteiger partial charge in [-0.25, -0.2) is 0 Å². The van der Waals surface area contributed by atoms with Crippen LogP contribution in [0, 0.1) is 0 Å². The van der Waals surface area contributed by atoms with Crippen LogP contribution in [-0.4, -0.2) is 21.9 Å². The van der Waals surface area contributed by atoms with E-state index in [0.29, 0.717) is 12.1 Å². The predicted molar refractivity (Wildman–Crippen MR) is 78.4 cm³/mol. The van der Waals surface area contributed by atoms with Gasteiger partial charge in [-0.2, -0.15) is 0 Å². The van der Waals surface area contributed by atoms with E-state index < -0.39 is 0 Å². The van der Waals surface area contributed by atoms with Crippen LogP contribution >= 0.6 is 0 Å². The van der Waals surface area contributed by atoms with Gasteiger partial charge >= 0.3 is 0 Å². The minimum Gasteiger partial charge on any atom is -0.379 e. The van der Waals surface area contributed by atoms with Crippen LogP contribution in [0.25, 0.3) is 0 Å². The van der Waals surface area contributed by atoms with Crippen molar-refractivity contribution < 1.29 is 4.79 Å². The molecule has 104 valence electrons. The molecule has 0 saturated carbocycles. The first kappa shape index (κ1) is 14.0. The highest BCUT2D eigenvalue weighted by Crippen LogP contribution is 2.10. The average Bonchev–Trinajstić information content (AvgIpc) is 2.46. The number of rotatable bonds is 5. The number of nitrogens with one attached hydrogen (secondary N) is 2. The molecule has 0 aliphatic carbocycles. The second-order valence-corrected chi connectivity index (χ2v) is 4.76. The Bertz CT molecular complexity index is 552. The summed E-state index contributed by atoms with van der Waals surface area (Å²) in [6, 6.07) is 7.50. The molecule has 2 aromatic rings. The van der Waals surface area contributed by atoms with Crippen molar-refractivity contribution in [1.29, 1.82) is 0 Å². The van der Waals surface area contributed by atoms with Gasteiger partial charge in [-0.3, -0.25) is 14.8 Å². The van der Waals surface area contributed by atoms with Gasteiger partial charge in [-0.05, 0) is 38.1 Å². The lowest BCUT2D eigenvalue weighted by atomic mass is 10.2. The van der Waals surface area contributed by atoms with Crippen LogP contribution in [-0.2, 0) is 6.54 Å². The number of hydrogen-bond donors (Lipinski definition) is 2. The number of anilines is 1. The summed E-state index contributed by atoms with van der Waals surface area (Å²) in [5.41, 5.74) is 2.47. The van der Waals surface area contributed by atoms with Crippen LogP contribution in [0.15, 0.2) is 42.9 Å². The molecule has 2 N–H and O–H groups in total. The first-order valence-electron chi connectivity index (χ1n) is 6.55. The highest BCUT2D eigenvalue weighted by atomic mass is 16.1. The summed E-state index contributed by atoms with van der Waals surface area (Å²) in [6.45, 7) is 4.48. The van der Waals surface area contributed by atoms with Crippen molar-refractivity contribution in [3.05, 3.63) is 54.1 Å². The third-order valence-corrected chi connectivity index (χ3v) is 2.66. The van der Waals surface area contributed by atoms with E-state index in [1.165, 1.54) is 0 Å². The van der Waals surface area contributed by atoms with Gasteiger partial charge in [0.15, 0.2) is 0 Å². The van der Waals surface area contributed by atoms with E-state index in [2.05, 4.69) is 20.6 Å². The average molecular weight is 270 g/mol. The van der Waals surface area contributed by atoms with Crippen LogP contribution in [0.5, 0.6) is 0 Å². The largest absolute Gasteiger partial charge is 0.379 e. The lowest BCUT2D eigenvalue weighted by Crippen LogP contribution is -2.29. The van der Waals surface area contributed by atoms with Gasteiger partial charge in [0.2, 0.25) is 0 Å². The van der Waals surface area contributed by atoms with Crippen LogP contribution in [0.3, 0.4) is 0 Å². The summed E-state index contributed by atoms with van der Waals surface area (Å²) in [5, 5.41) is 6.09. The third-order valence-electron chi connectivity index (χ3n) is 2.66. The molecule has 1 heterocycles. The van der Waals surface area contributed by atoms with Gasteiger partial charge in [0.05, 0.1) is 18.4 Å². The summed E-state index contributed by atoms with van der Waals surface area (Å²) in [4.78, 5) is 20.0. The fourth-order valence-electron chi connectivity index (χ4n) is 1.70. The van der Waals surface area contributed by atoms with Gasteiger partial charge in [-0.15, -0.1) is 0 Å². The molecule has 1 aromatic carbocycles. The molecule has 1 aromatic heterocycles. The molecular formula is C15H18N4O. The number of amides is 1. The smallest absolute Gasteiger partial charge is 0.251 e.